The van der Waals surface area contributed by atoms with E-state index in [4.69, 9.17) is 0 Å². The first kappa shape index (κ1) is 14.5. The summed E-state index contributed by atoms with van der Waals surface area (Å²) in [5.41, 5.74) is 1.51. The normalized spacial score (nSPS) is 29.3. The second-order valence-corrected chi connectivity index (χ2v) is 7.00. The Morgan fingerprint density at radius 3 is 2.88 bits per heavy atom. The van der Waals surface area contributed by atoms with Crippen LogP contribution < -0.4 is 10.6 Å². The van der Waals surface area contributed by atoms with Crippen molar-refractivity contribution in [3.63, 3.8) is 0 Å². The van der Waals surface area contributed by atoms with Gasteiger partial charge in [-0.05, 0) is 37.1 Å². The summed E-state index contributed by atoms with van der Waals surface area (Å²) >= 11 is 0. The van der Waals surface area contributed by atoms with Crippen LogP contribution >= 0.6 is 0 Å². The third-order valence-electron chi connectivity index (χ3n) is 5.64. The van der Waals surface area contributed by atoms with Crippen molar-refractivity contribution in [1.82, 2.24) is 15.2 Å². The van der Waals surface area contributed by atoms with E-state index in [-0.39, 0.29) is 23.9 Å². The van der Waals surface area contributed by atoms with Crippen LogP contribution in [0.2, 0.25) is 0 Å². The molecule has 2 fully saturated rings. The fraction of sp³-hybridized carbons (Fsp3) is 0.316. The van der Waals surface area contributed by atoms with Gasteiger partial charge >= 0.3 is 0 Å². The van der Waals surface area contributed by atoms with Crippen molar-refractivity contribution < 1.29 is 9.59 Å². The Morgan fingerprint density at radius 1 is 1.16 bits per heavy atom. The number of carbonyl (C=O) groups excluding carboxylic acids is 2. The number of nitrogens with zero attached hydrogens (tertiary/aromatic N) is 2. The number of amides is 2. The first-order valence-electron chi connectivity index (χ1n) is 8.60. The summed E-state index contributed by atoms with van der Waals surface area (Å²) < 4.78 is 0. The molecular weight excluding hydrogens is 316 g/mol. The smallest absolute Gasteiger partial charge is 0.256 e. The Labute approximate surface area is 145 Å². The molecule has 6 nitrogen and oxygen atoms in total. The van der Waals surface area contributed by atoms with Crippen molar-refractivity contribution in [2.45, 2.75) is 37.0 Å². The lowest BCUT2D eigenvalue weighted by Crippen LogP contribution is -2.64. The Bertz CT molecular complexity index is 869. The molecule has 5 rings (SSSR count). The fourth-order valence-corrected chi connectivity index (χ4v) is 4.62. The molecule has 3 atom stereocenters. The molecular formula is C19H18N4O2. The predicted molar refractivity (Wildman–Crippen MR) is 92.1 cm³/mol. The third kappa shape index (κ3) is 2.00. The molecule has 2 amide bonds. The second-order valence-electron chi connectivity index (χ2n) is 7.00. The van der Waals surface area contributed by atoms with E-state index in [0.717, 1.165) is 24.9 Å². The SMILES string of the molecule is O=C1NC2(CC3CCC2N3C(=O)c2cccnc2)Nc2ccccc21. The number of carbonyl (C=O) groups is 2. The van der Waals surface area contributed by atoms with Crippen LogP contribution in [0.3, 0.4) is 0 Å². The lowest BCUT2D eigenvalue weighted by Gasteiger charge is -2.43. The van der Waals surface area contributed by atoms with Crippen LogP contribution in [0.15, 0.2) is 48.8 Å². The second kappa shape index (κ2) is 5.05. The van der Waals surface area contributed by atoms with Crippen molar-refractivity contribution in [2.24, 2.45) is 0 Å². The molecule has 0 saturated carbocycles. The number of hydrogen-bond donors (Lipinski definition) is 2. The molecule has 126 valence electrons. The summed E-state index contributed by atoms with van der Waals surface area (Å²) in [4.78, 5) is 31.6. The van der Waals surface area contributed by atoms with Gasteiger partial charge in [-0.3, -0.25) is 14.6 Å². The van der Waals surface area contributed by atoms with Gasteiger partial charge in [-0.25, -0.2) is 0 Å². The van der Waals surface area contributed by atoms with Crippen LogP contribution in [0.4, 0.5) is 5.69 Å². The van der Waals surface area contributed by atoms with Gasteiger partial charge in [0.2, 0.25) is 0 Å². The molecule has 4 heterocycles. The molecule has 25 heavy (non-hydrogen) atoms. The van der Waals surface area contributed by atoms with Gasteiger partial charge in [0.05, 0.1) is 17.2 Å². The molecule has 1 spiro atoms. The summed E-state index contributed by atoms with van der Waals surface area (Å²) in [6.07, 6.45) is 5.85. The molecule has 2 N–H and O–H groups in total. The Balaban J connectivity index is 1.50. The number of hydrogen-bond acceptors (Lipinski definition) is 4. The van der Waals surface area contributed by atoms with Crippen molar-refractivity contribution in [3.8, 4) is 0 Å². The number of nitrogens with one attached hydrogen (secondary N) is 2. The minimum absolute atomic E-state index is 0.00705. The van der Waals surface area contributed by atoms with Crippen molar-refractivity contribution in [3.05, 3.63) is 59.9 Å². The van der Waals surface area contributed by atoms with E-state index in [1.54, 1.807) is 24.5 Å². The highest BCUT2D eigenvalue weighted by Crippen LogP contribution is 2.46. The van der Waals surface area contributed by atoms with Gasteiger partial charge < -0.3 is 15.5 Å². The Morgan fingerprint density at radius 2 is 2.04 bits per heavy atom. The number of benzene rings is 1. The zero-order valence-electron chi connectivity index (χ0n) is 13.6. The van der Waals surface area contributed by atoms with Crippen LogP contribution in [0.25, 0.3) is 0 Å². The zero-order valence-corrected chi connectivity index (χ0v) is 13.6. The molecule has 3 unspecified atom stereocenters. The lowest BCUT2D eigenvalue weighted by molar-refractivity contribution is 0.0691. The highest BCUT2D eigenvalue weighted by molar-refractivity contribution is 6.02. The van der Waals surface area contributed by atoms with Crippen LogP contribution in [0.1, 0.15) is 40.0 Å². The number of para-hydroxylation sites is 1. The summed E-state index contributed by atoms with van der Waals surface area (Å²) in [6.45, 7) is 0. The predicted octanol–water partition coefficient (Wildman–Crippen LogP) is 2.01. The van der Waals surface area contributed by atoms with Gasteiger partial charge in [0.25, 0.3) is 11.8 Å². The van der Waals surface area contributed by atoms with Crippen LogP contribution in [-0.4, -0.2) is 39.4 Å². The van der Waals surface area contributed by atoms with Gasteiger partial charge in [-0.2, -0.15) is 0 Å². The Kier molecular flexibility index (Phi) is 2.92. The maximum atomic E-state index is 13.0. The lowest BCUT2D eigenvalue weighted by atomic mass is 9.86. The first-order chi connectivity index (χ1) is 12.2. The molecule has 0 radical (unpaired) electrons. The van der Waals surface area contributed by atoms with E-state index in [2.05, 4.69) is 15.6 Å². The van der Waals surface area contributed by atoms with E-state index in [1.807, 2.05) is 29.2 Å². The monoisotopic (exact) mass is 334 g/mol. The quantitative estimate of drug-likeness (QED) is 0.837. The van der Waals surface area contributed by atoms with E-state index >= 15 is 0 Å². The van der Waals surface area contributed by atoms with E-state index in [1.165, 1.54) is 0 Å². The summed E-state index contributed by atoms with van der Waals surface area (Å²) in [5, 5.41) is 6.69. The summed E-state index contributed by atoms with van der Waals surface area (Å²) in [5.74, 6) is -0.0805. The summed E-state index contributed by atoms with van der Waals surface area (Å²) in [6, 6.07) is 11.2. The third-order valence-corrected chi connectivity index (χ3v) is 5.64. The van der Waals surface area contributed by atoms with Crippen molar-refractivity contribution in [1.29, 1.82) is 0 Å². The highest BCUT2D eigenvalue weighted by Gasteiger charge is 2.59. The maximum Gasteiger partial charge on any atom is 0.256 e. The van der Waals surface area contributed by atoms with Crippen molar-refractivity contribution in [2.75, 3.05) is 5.32 Å². The summed E-state index contributed by atoms with van der Waals surface area (Å²) in [7, 11) is 0. The van der Waals surface area contributed by atoms with Crippen LogP contribution in [0.5, 0.6) is 0 Å². The molecule has 2 aromatic rings. The fourth-order valence-electron chi connectivity index (χ4n) is 4.62. The number of anilines is 1. The molecule has 2 bridgehead atoms. The standard InChI is InChI=1S/C19H18N4O2/c24-17-14-5-1-2-6-15(14)21-19(22-17)10-13-7-8-16(19)23(13)18(25)12-4-3-9-20-11-12/h1-6,9,11,13,16,21H,7-8,10H2,(H,22,24). The molecule has 2 saturated heterocycles. The number of rotatable bonds is 1. The molecule has 0 aliphatic carbocycles. The average Bonchev–Trinajstić information content (AvgIpc) is 3.17. The topological polar surface area (TPSA) is 74.3 Å². The average molecular weight is 334 g/mol. The van der Waals surface area contributed by atoms with Gasteiger partial charge in [0.1, 0.15) is 5.66 Å². The van der Waals surface area contributed by atoms with Gasteiger partial charge in [-0.15, -0.1) is 0 Å². The largest absolute Gasteiger partial charge is 0.360 e. The van der Waals surface area contributed by atoms with E-state index in [9.17, 15) is 9.59 Å². The molecule has 3 aliphatic rings. The van der Waals surface area contributed by atoms with Crippen LogP contribution in [0, 0.1) is 0 Å². The molecule has 3 aliphatic heterocycles. The minimum Gasteiger partial charge on any atom is -0.360 e. The van der Waals surface area contributed by atoms with Gasteiger partial charge in [0.15, 0.2) is 0 Å². The zero-order chi connectivity index (χ0) is 17.0. The Hall–Kier alpha value is -2.89. The number of fused-ring (bicyclic) bond motifs is 4. The number of aromatic nitrogens is 1. The van der Waals surface area contributed by atoms with Crippen LogP contribution in [-0.2, 0) is 0 Å². The first-order valence-corrected chi connectivity index (χ1v) is 8.60. The maximum absolute atomic E-state index is 13.0. The molecule has 1 aromatic carbocycles. The van der Waals surface area contributed by atoms with E-state index < -0.39 is 5.66 Å². The molecule has 6 heteroatoms. The van der Waals surface area contributed by atoms with Gasteiger partial charge in [-0.1, -0.05) is 12.1 Å². The van der Waals surface area contributed by atoms with Gasteiger partial charge in [0, 0.05) is 30.5 Å². The van der Waals surface area contributed by atoms with Crippen molar-refractivity contribution >= 4 is 17.5 Å². The number of pyridine rings is 1. The van der Waals surface area contributed by atoms with E-state index in [0.29, 0.717) is 11.1 Å². The highest BCUT2D eigenvalue weighted by atomic mass is 16.2. The minimum atomic E-state index is -0.577. The molecule has 1 aromatic heterocycles.